The number of benzene rings is 1. The van der Waals surface area contributed by atoms with E-state index in [2.05, 4.69) is 20.2 Å². The SMILES string of the molecule is COC(=O)C1=C(CN2CCCCC2)NC(c2ncccc2F)=NC1c1ccc(Cl)cc1Cl. The van der Waals surface area contributed by atoms with E-state index in [0.29, 0.717) is 33.4 Å². The lowest BCUT2D eigenvalue weighted by Gasteiger charge is -2.32. The molecule has 6 nitrogen and oxygen atoms in total. The predicted octanol–water partition coefficient (Wildman–Crippen LogP) is 4.53. The minimum Gasteiger partial charge on any atom is -0.466 e. The molecule has 1 atom stereocenters. The van der Waals surface area contributed by atoms with Gasteiger partial charge in [-0.3, -0.25) is 9.89 Å². The van der Waals surface area contributed by atoms with Crippen molar-refractivity contribution in [3.63, 3.8) is 0 Å². The largest absolute Gasteiger partial charge is 0.466 e. The van der Waals surface area contributed by atoms with Gasteiger partial charge in [0.25, 0.3) is 0 Å². The number of esters is 1. The molecule has 0 bridgehead atoms. The number of hydrogen-bond acceptors (Lipinski definition) is 6. The Kier molecular flexibility index (Phi) is 7.08. The van der Waals surface area contributed by atoms with Crippen LogP contribution in [0.15, 0.2) is 52.8 Å². The molecule has 3 heterocycles. The molecule has 0 aliphatic carbocycles. The minimum absolute atomic E-state index is 0.0719. The third-order valence-electron chi connectivity index (χ3n) is 5.60. The van der Waals surface area contributed by atoms with Crippen LogP contribution in [0.3, 0.4) is 0 Å². The molecule has 4 rings (SSSR count). The van der Waals surface area contributed by atoms with Crippen LogP contribution in [0.5, 0.6) is 0 Å². The van der Waals surface area contributed by atoms with Gasteiger partial charge in [-0.2, -0.15) is 0 Å². The second-order valence-corrected chi connectivity index (χ2v) is 8.57. The van der Waals surface area contributed by atoms with Crippen molar-refractivity contribution in [1.29, 1.82) is 0 Å². The van der Waals surface area contributed by atoms with E-state index in [1.54, 1.807) is 18.2 Å². The van der Waals surface area contributed by atoms with Crippen LogP contribution in [0.25, 0.3) is 0 Å². The summed E-state index contributed by atoms with van der Waals surface area (Å²) in [7, 11) is 1.33. The average Bonchev–Trinajstić information content (AvgIpc) is 2.79. The maximum atomic E-state index is 14.6. The lowest BCUT2D eigenvalue weighted by molar-refractivity contribution is -0.136. The van der Waals surface area contributed by atoms with Crippen molar-refractivity contribution < 1.29 is 13.9 Å². The van der Waals surface area contributed by atoms with Gasteiger partial charge >= 0.3 is 5.97 Å². The molecule has 168 valence electrons. The van der Waals surface area contributed by atoms with Crippen molar-refractivity contribution in [3.05, 3.63) is 74.9 Å². The van der Waals surface area contributed by atoms with E-state index >= 15 is 0 Å². The van der Waals surface area contributed by atoms with Crippen molar-refractivity contribution in [2.24, 2.45) is 4.99 Å². The minimum atomic E-state index is -0.801. The van der Waals surface area contributed by atoms with Crippen molar-refractivity contribution in [2.45, 2.75) is 25.3 Å². The number of amidine groups is 1. The van der Waals surface area contributed by atoms with Gasteiger partial charge in [-0.05, 0) is 50.2 Å². The number of nitrogens with zero attached hydrogens (tertiary/aromatic N) is 3. The predicted molar refractivity (Wildman–Crippen MR) is 122 cm³/mol. The van der Waals surface area contributed by atoms with Gasteiger partial charge in [-0.25, -0.2) is 14.2 Å². The van der Waals surface area contributed by atoms with Crippen molar-refractivity contribution in [3.8, 4) is 0 Å². The summed E-state index contributed by atoms with van der Waals surface area (Å²) in [6, 6.07) is 7.03. The second-order valence-electron chi connectivity index (χ2n) is 7.73. The summed E-state index contributed by atoms with van der Waals surface area (Å²) in [5, 5.41) is 3.99. The number of aliphatic imine (C=N–C) groups is 1. The fraction of sp³-hybridized carbons (Fsp3) is 0.348. The molecule has 1 aromatic carbocycles. The van der Waals surface area contributed by atoms with Crippen molar-refractivity contribution in [1.82, 2.24) is 15.2 Å². The molecule has 0 spiro atoms. The lowest BCUT2D eigenvalue weighted by Crippen LogP contribution is -2.41. The maximum Gasteiger partial charge on any atom is 0.338 e. The summed E-state index contributed by atoms with van der Waals surface area (Å²) in [6.45, 7) is 2.30. The van der Waals surface area contributed by atoms with Crippen LogP contribution in [-0.4, -0.2) is 48.4 Å². The molecule has 0 radical (unpaired) electrons. The number of carbonyl (C=O) groups excluding carboxylic acids is 1. The quantitative estimate of drug-likeness (QED) is 0.641. The number of carbonyl (C=O) groups is 1. The number of likely N-dealkylation sites (tertiary alicyclic amines) is 1. The van der Waals surface area contributed by atoms with Gasteiger partial charge in [-0.1, -0.05) is 35.7 Å². The van der Waals surface area contributed by atoms with Gasteiger partial charge in [-0.15, -0.1) is 0 Å². The highest BCUT2D eigenvalue weighted by Gasteiger charge is 2.34. The third kappa shape index (κ3) is 4.80. The summed E-state index contributed by atoms with van der Waals surface area (Å²) in [6.07, 6.45) is 4.85. The van der Waals surface area contributed by atoms with Crippen LogP contribution in [0.2, 0.25) is 10.0 Å². The number of pyridine rings is 1. The van der Waals surface area contributed by atoms with E-state index in [-0.39, 0.29) is 11.5 Å². The van der Waals surface area contributed by atoms with E-state index in [1.165, 1.54) is 31.9 Å². The van der Waals surface area contributed by atoms with Crippen LogP contribution in [0, 0.1) is 5.82 Å². The highest BCUT2D eigenvalue weighted by molar-refractivity contribution is 6.35. The third-order valence-corrected chi connectivity index (χ3v) is 6.16. The van der Waals surface area contributed by atoms with Crippen LogP contribution in [0.1, 0.15) is 36.6 Å². The van der Waals surface area contributed by atoms with E-state index in [0.717, 1.165) is 25.9 Å². The standard InChI is InChI=1S/C23H23Cl2FN4O2/c1-32-23(31)19-18(13-30-10-3-2-4-11-30)28-22(21-17(26)6-5-9-27-21)29-20(19)15-8-7-14(24)12-16(15)25/h5-9,12,20H,2-4,10-11,13H2,1H3,(H,28,29). The summed E-state index contributed by atoms with van der Waals surface area (Å²) in [5.74, 6) is -0.804. The molecular formula is C23H23Cl2FN4O2. The zero-order chi connectivity index (χ0) is 22.7. The monoisotopic (exact) mass is 476 g/mol. The van der Waals surface area contributed by atoms with Crippen molar-refractivity contribution in [2.75, 3.05) is 26.7 Å². The molecule has 32 heavy (non-hydrogen) atoms. The van der Waals surface area contributed by atoms with Gasteiger partial charge in [0.1, 0.15) is 11.7 Å². The van der Waals surface area contributed by atoms with Gasteiger partial charge in [0.2, 0.25) is 0 Å². The molecule has 2 aromatic rings. The van der Waals surface area contributed by atoms with Crippen LogP contribution in [-0.2, 0) is 9.53 Å². The Morgan fingerprint density at radius 1 is 1.25 bits per heavy atom. The Hall–Kier alpha value is -2.48. The van der Waals surface area contributed by atoms with E-state index in [9.17, 15) is 9.18 Å². The molecule has 9 heteroatoms. The number of halogens is 3. The highest BCUT2D eigenvalue weighted by atomic mass is 35.5. The lowest BCUT2D eigenvalue weighted by atomic mass is 9.94. The van der Waals surface area contributed by atoms with E-state index < -0.39 is 17.8 Å². The zero-order valence-corrected chi connectivity index (χ0v) is 19.1. The molecular weight excluding hydrogens is 454 g/mol. The molecule has 1 saturated heterocycles. The number of aromatic nitrogens is 1. The van der Waals surface area contributed by atoms with E-state index in [1.807, 2.05) is 0 Å². The smallest absolute Gasteiger partial charge is 0.338 e. The Morgan fingerprint density at radius 3 is 2.72 bits per heavy atom. The van der Waals surface area contributed by atoms with Gasteiger partial charge in [0.05, 0.1) is 12.7 Å². The molecule has 1 fully saturated rings. The normalized spacial score (nSPS) is 19.4. The van der Waals surface area contributed by atoms with Gasteiger partial charge < -0.3 is 10.1 Å². The summed E-state index contributed by atoms with van der Waals surface area (Å²) < 4.78 is 19.7. The summed E-state index contributed by atoms with van der Waals surface area (Å²) in [4.78, 5) is 24.0. The van der Waals surface area contributed by atoms with Gasteiger partial charge in [0.15, 0.2) is 11.7 Å². The van der Waals surface area contributed by atoms with Crippen LogP contribution < -0.4 is 5.32 Å². The van der Waals surface area contributed by atoms with Crippen molar-refractivity contribution >= 4 is 35.0 Å². The summed E-state index contributed by atoms with van der Waals surface area (Å²) in [5.41, 5.74) is 1.58. The molecule has 2 aliphatic heterocycles. The number of piperidine rings is 1. The summed E-state index contributed by atoms with van der Waals surface area (Å²) >= 11 is 12.6. The molecule has 0 saturated carbocycles. The fourth-order valence-corrected chi connectivity index (χ4v) is 4.55. The maximum absolute atomic E-state index is 14.6. The highest BCUT2D eigenvalue weighted by Crippen LogP contribution is 2.37. The molecule has 1 aromatic heterocycles. The first-order valence-corrected chi connectivity index (χ1v) is 11.2. The molecule has 1 unspecified atom stereocenters. The topological polar surface area (TPSA) is 66.8 Å². The molecule has 0 amide bonds. The van der Waals surface area contributed by atoms with Crippen LogP contribution in [0.4, 0.5) is 4.39 Å². The van der Waals surface area contributed by atoms with Gasteiger partial charge in [0, 0.05) is 34.0 Å². The Morgan fingerprint density at radius 2 is 2.03 bits per heavy atom. The molecule has 2 aliphatic rings. The second kappa shape index (κ2) is 9.98. The number of hydrogen-bond donors (Lipinski definition) is 1. The zero-order valence-electron chi connectivity index (χ0n) is 17.6. The molecule has 1 N–H and O–H groups in total. The first kappa shape index (κ1) is 22.7. The number of rotatable bonds is 5. The Labute approximate surface area is 196 Å². The first-order valence-electron chi connectivity index (χ1n) is 10.4. The Bertz CT molecular complexity index is 1080. The van der Waals surface area contributed by atoms with E-state index in [4.69, 9.17) is 27.9 Å². The Balaban J connectivity index is 1.85. The number of methoxy groups -OCH3 is 1. The number of ether oxygens (including phenoxy) is 1. The first-order chi connectivity index (χ1) is 15.5. The fourth-order valence-electron chi connectivity index (χ4n) is 4.04. The number of nitrogens with one attached hydrogen (secondary N) is 1. The van der Waals surface area contributed by atoms with Crippen LogP contribution >= 0.6 is 23.2 Å². The average molecular weight is 477 g/mol.